The molecule has 52 heavy (non-hydrogen) atoms. The van der Waals surface area contributed by atoms with Crippen molar-refractivity contribution in [2.24, 2.45) is 34.5 Å². The fourth-order valence-electron chi connectivity index (χ4n) is 10.1. The van der Waals surface area contributed by atoms with E-state index in [-0.39, 0.29) is 39.3 Å². The van der Waals surface area contributed by atoms with E-state index in [0.717, 1.165) is 43.4 Å². The van der Waals surface area contributed by atoms with Gasteiger partial charge < -0.3 is 15.4 Å². The Labute approximate surface area is 308 Å². The number of anilines is 2. The van der Waals surface area contributed by atoms with Gasteiger partial charge in [0.15, 0.2) is 17.2 Å². The number of ether oxygens (including phenoxy) is 1. The molecule has 3 fully saturated rings. The number of urea groups is 1. The van der Waals surface area contributed by atoms with Crippen LogP contribution in [0, 0.1) is 41.4 Å². The zero-order chi connectivity index (χ0) is 38.2. The summed E-state index contributed by atoms with van der Waals surface area (Å²) < 4.78 is 32.7. The molecule has 282 valence electrons. The Kier molecular flexibility index (Phi) is 11.1. The van der Waals surface area contributed by atoms with Crippen LogP contribution in [0.1, 0.15) is 99.0 Å². The Morgan fingerprint density at radius 2 is 1.73 bits per heavy atom. The first-order valence-electron chi connectivity index (χ1n) is 18.4. The van der Waals surface area contributed by atoms with Crippen molar-refractivity contribution in [3.63, 3.8) is 0 Å². The molecule has 0 saturated heterocycles. The van der Waals surface area contributed by atoms with E-state index in [2.05, 4.69) is 36.4 Å². The van der Waals surface area contributed by atoms with Gasteiger partial charge in [0.25, 0.3) is 10.0 Å². The minimum Gasteiger partial charge on any atom is -0.451 e. The van der Waals surface area contributed by atoms with Gasteiger partial charge in [-0.15, -0.1) is 0 Å². The van der Waals surface area contributed by atoms with Crippen LogP contribution in [-0.4, -0.2) is 48.6 Å². The molecule has 0 bridgehead atoms. The van der Waals surface area contributed by atoms with Gasteiger partial charge >= 0.3 is 12.0 Å². The number of nitrogens with zero attached hydrogens (tertiary/aromatic N) is 1. The predicted octanol–water partition coefficient (Wildman–Crippen LogP) is 7.19. The van der Waals surface area contributed by atoms with Crippen molar-refractivity contribution in [3.05, 3.63) is 59.9 Å². The van der Waals surface area contributed by atoms with Crippen molar-refractivity contribution in [2.45, 2.75) is 117 Å². The number of sulfonamides is 1. The molecule has 1 aromatic carbocycles. The molecule has 0 unspecified atom stereocenters. The van der Waals surface area contributed by atoms with Gasteiger partial charge in [-0.25, -0.2) is 17.9 Å². The van der Waals surface area contributed by atoms with Gasteiger partial charge in [-0.2, -0.15) is 0 Å². The number of ketones is 2. The van der Waals surface area contributed by atoms with E-state index < -0.39 is 21.7 Å². The molecule has 7 atom stereocenters. The SMILES string of the molecule is CC(=O)O[C@]1(C(C)=O)CC[C@H]2[C@@H]3C[C@H](C)C4=CC(=O)CC[C@]4(C)[C@H]3CC[C@@]21C.Cc1cccc(Nc2ccncc2S(=O)(=O)NC(=O)NC(C)C)c1. The van der Waals surface area contributed by atoms with E-state index in [1.807, 2.05) is 42.0 Å². The summed E-state index contributed by atoms with van der Waals surface area (Å²) in [5.41, 5.74) is 2.33. The monoisotopic (exact) mass is 734 g/mol. The van der Waals surface area contributed by atoms with Crippen molar-refractivity contribution in [2.75, 3.05) is 5.32 Å². The second-order valence-corrected chi connectivity index (χ2v) is 17.7. The minimum absolute atomic E-state index is 0.00469. The number of benzene rings is 1. The van der Waals surface area contributed by atoms with E-state index in [9.17, 15) is 27.6 Å². The summed E-state index contributed by atoms with van der Waals surface area (Å²) in [7, 11) is -4.05. The van der Waals surface area contributed by atoms with Gasteiger partial charge in [0.05, 0.1) is 5.69 Å². The highest BCUT2D eigenvalue weighted by Gasteiger charge is 2.68. The van der Waals surface area contributed by atoms with E-state index in [1.165, 1.54) is 31.0 Å². The average molecular weight is 735 g/mol. The Balaban J connectivity index is 0.000000204. The molecule has 11 nitrogen and oxygen atoms in total. The molecule has 0 radical (unpaired) electrons. The largest absolute Gasteiger partial charge is 0.451 e. The lowest BCUT2D eigenvalue weighted by atomic mass is 9.44. The summed E-state index contributed by atoms with van der Waals surface area (Å²) >= 11 is 0. The molecule has 12 heteroatoms. The highest BCUT2D eigenvalue weighted by Crippen LogP contribution is 2.69. The van der Waals surface area contributed by atoms with Gasteiger partial charge in [-0.05, 0) is 125 Å². The average Bonchev–Trinajstić information content (AvgIpc) is 3.34. The number of Topliss-reactive ketones (excluding diaryl/α,β-unsaturated/α-hetero) is 1. The van der Waals surface area contributed by atoms with Crippen LogP contribution >= 0.6 is 0 Å². The Hall–Kier alpha value is -4.06. The first-order valence-corrected chi connectivity index (χ1v) is 19.9. The first-order chi connectivity index (χ1) is 24.3. The summed E-state index contributed by atoms with van der Waals surface area (Å²) in [4.78, 5) is 52.3. The number of aryl methyl sites for hydroxylation is 1. The number of hydrogen-bond acceptors (Lipinski definition) is 9. The van der Waals surface area contributed by atoms with Gasteiger partial charge in [-0.3, -0.25) is 19.4 Å². The number of carbonyl (C=O) groups is 4. The van der Waals surface area contributed by atoms with Gasteiger partial charge in [0.1, 0.15) is 4.90 Å². The Morgan fingerprint density at radius 1 is 1.02 bits per heavy atom. The molecule has 3 N–H and O–H groups in total. The number of esters is 1. The number of fused-ring (bicyclic) bond motifs is 5. The second-order valence-electron chi connectivity index (χ2n) is 16.1. The Bertz CT molecular complexity index is 1880. The van der Waals surface area contributed by atoms with Crippen LogP contribution in [0.5, 0.6) is 0 Å². The summed E-state index contributed by atoms with van der Waals surface area (Å²) in [6.45, 7) is 15.3. The lowest BCUT2D eigenvalue weighted by Gasteiger charge is -2.60. The highest BCUT2D eigenvalue weighted by molar-refractivity contribution is 7.90. The second kappa shape index (κ2) is 14.8. The van der Waals surface area contributed by atoms with Crippen molar-refractivity contribution in [1.29, 1.82) is 0 Å². The van der Waals surface area contributed by atoms with Gasteiger partial charge in [0.2, 0.25) is 0 Å². The van der Waals surface area contributed by atoms with Gasteiger partial charge in [0, 0.05) is 42.9 Å². The van der Waals surface area contributed by atoms with Gasteiger partial charge in [-0.1, -0.05) is 38.5 Å². The van der Waals surface area contributed by atoms with Crippen LogP contribution < -0.4 is 15.4 Å². The Morgan fingerprint density at radius 3 is 2.38 bits per heavy atom. The first kappa shape index (κ1) is 39.2. The molecule has 6 rings (SSSR count). The van der Waals surface area contributed by atoms with Crippen LogP contribution in [0.3, 0.4) is 0 Å². The molecule has 3 saturated carbocycles. The standard InChI is InChI=1S/C24H34O4.C16H20N4O3S/c1-14-12-18-19(22(4)9-6-17(27)13-21(14)22)7-10-23(5)20(18)8-11-24(23,15(2)25)28-16(3)26;1-11(2)18-16(21)20-24(22,23)15-10-17-8-7-14(15)19-13-6-4-5-12(3)9-13/h13-14,18-20H,6-12H2,1-5H3;4-11H,1-3H3,(H,17,19)(H2,18,20,21)/t14-,18+,19-,20-,22+,23-,24-;/m0./s1. The highest BCUT2D eigenvalue weighted by atomic mass is 32.2. The molecule has 1 heterocycles. The third kappa shape index (κ3) is 7.40. The number of amides is 2. The summed E-state index contributed by atoms with van der Waals surface area (Å²) in [6.07, 6.45) is 10.9. The number of rotatable bonds is 7. The molecule has 0 aliphatic heterocycles. The van der Waals surface area contributed by atoms with Crippen molar-refractivity contribution in [3.8, 4) is 0 Å². The van der Waals surface area contributed by atoms with E-state index in [1.54, 1.807) is 20.8 Å². The molecule has 0 spiro atoms. The summed E-state index contributed by atoms with van der Waals surface area (Å²) in [5.74, 6) is 1.82. The number of carbonyl (C=O) groups excluding carboxylic acids is 4. The quantitative estimate of drug-likeness (QED) is 0.250. The molecule has 2 aromatic rings. The predicted molar refractivity (Wildman–Crippen MR) is 199 cm³/mol. The minimum atomic E-state index is -4.05. The maximum absolute atomic E-state index is 12.8. The molecule has 1 aromatic heterocycles. The molecular weight excluding hydrogens is 681 g/mol. The molecule has 4 aliphatic carbocycles. The van der Waals surface area contributed by atoms with Crippen LogP contribution in [-0.2, 0) is 29.1 Å². The van der Waals surface area contributed by atoms with Crippen molar-refractivity contribution < 1.29 is 32.3 Å². The van der Waals surface area contributed by atoms with E-state index in [4.69, 9.17) is 4.74 Å². The topological polar surface area (TPSA) is 161 Å². The fraction of sp³-hybridized carbons (Fsp3) is 0.575. The van der Waals surface area contributed by atoms with Crippen molar-refractivity contribution >= 4 is 45.0 Å². The molecule has 2 amide bonds. The van der Waals surface area contributed by atoms with Crippen LogP contribution in [0.25, 0.3) is 0 Å². The molecular formula is C40H54N4O7S. The maximum atomic E-state index is 12.8. The van der Waals surface area contributed by atoms with Crippen LogP contribution in [0.2, 0.25) is 0 Å². The fourth-order valence-corrected chi connectivity index (χ4v) is 11.1. The smallest absolute Gasteiger partial charge is 0.328 e. The van der Waals surface area contributed by atoms with E-state index in [0.29, 0.717) is 42.2 Å². The summed E-state index contributed by atoms with van der Waals surface area (Å²) in [5, 5.41) is 5.52. The normalized spacial score (nSPS) is 30.7. The maximum Gasteiger partial charge on any atom is 0.328 e. The van der Waals surface area contributed by atoms with Crippen LogP contribution in [0.4, 0.5) is 16.2 Å². The number of nitrogens with one attached hydrogen (secondary N) is 3. The van der Waals surface area contributed by atoms with E-state index >= 15 is 0 Å². The lowest BCUT2D eigenvalue weighted by molar-refractivity contribution is -0.187. The molecule has 4 aliphatic rings. The number of pyridine rings is 1. The zero-order valence-electron chi connectivity index (χ0n) is 31.7. The van der Waals surface area contributed by atoms with Crippen molar-refractivity contribution in [1.82, 2.24) is 15.0 Å². The number of allylic oxidation sites excluding steroid dienone is 1. The summed E-state index contributed by atoms with van der Waals surface area (Å²) in [6, 6.07) is 8.08. The lowest BCUT2D eigenvalue weighted by Crippen LogP contribution is -2.59. The number of hydrogen-bond donors (Lipinski definition) is 3. The zero-order valence-corrected chi connectivity index (χ0v) is 32.5. The third-order valence-corrected chi connectivity index (χ3v) is 13.7. The number of aromatic nitrogens is 1. The van der Waals surface area contributed by atoms with Crippen LogP contribution in [0.15, 0.2) is 59.3 Å². The third-order valence-electron chi connectivity index (χ3n) is 12.3.